The Bertz CT molecular complexity index is 880. The van der Waals surface area contributed by atoms with Crippen molar-refractivity contribution >= 4 is 27.4 Å². The van der Waals surface area contributed by atoms with E-state index >= 15 is 0 Å². The molecule has 3 aromatic rings. The van der Waals surface area contributed by atoms with E-state index in [0.717, 1.165) is 5.13 Å². The molecule has 1 N–H and O–H groups in total. The van der Waals surface area contributed by atoms with Crippen LogP contribution in [0.2, 0.25) is 0 Å². The summed E-state index contributed by atoms with van der Waals surface area (Å²) in [6.07, 6.45) is 0. The van der Waals surface area contributed by atoms with Crippen molar-refractivity contribution in [2.45, 2.75) is 19.9 Å². The normalized spacial score (nSPS) is 11.1. The SMILES string of the molecule is COc1ccc2c(OC)cc(-c3csc(NC(C)C)n3)nc2c1F. The summed E-state index contributed by atoms with van der Waals surface area (Å²) in [5.74, 6) is 0.184. The van der Waals surface area contributed by atoms with E-state index in [1.807, 2.05) is 19.2 Å². The average molecular weight is 347 g/mol. The zero-order valence-corrected chi connectivity index (χ0v) is 14.7. The van der Waals surface area contributed by atoms with E-state index in [9.17, 15) is 4.39 Å². The number of thiazole rings is 1. The predicted molar refractivity (Wildman–Crippen MR) is 94.7 cm³/mol. The molecule has 0 saturated heterocycles. The van der Waals surface area contributed by atoms with Gasteiger partial charge in [-0.15, -0.1) is 11.3 Å². The van der Waals surface area contributed by atoms with Gasteiger partial charge >= 0.3 is 0 Å². The molecule has 0 bridgehead atoms. The zero-order valence-electron chi connectivity index (χ0n) is 13.9. The third-order valence-electron chi connectivity index (χ3n) is 3.46. The third-order valence-corrected chi connectivity index (χ3v) is 4.24. The van der Waals surface area contributed by atoms with Gasteiger partial charge in [-0.2, -0.15) is 0 Å². The fraction of sp³-hybridized carbons (Fsp3) is 0.294. The van der Waals surface area contributed by atoms with Crippen molar-refractivity contribution in [2.75, 3.05) is 19.5 Å². The summed E-state index contributed by atoms with van der Waals surface area (Å²) in [6, 6.07) is 5.35. The predicted octanol–water partition coefficient (Wildman–Crippen LogP) is 4.33. The minimum absolute atomic E-state index is 0.148. The molecule has 0 radical (unpaired) electrons. The quantitative estimate of drug-likeness (QED) is 0.744. The van der Waals surface area contributed by atoms with Crippen molar-refractivity contribution in [2.24, 2.45) is 0 Å². The first-order valence-electron chi connectivity index (χ1n) is 7.47. The molecule has 3 rings (SSSR count). The standard InChI is InChI=1S/C17H18FN3O2S/c1-9(2)19-17-21-12(8-24-17)11-7-14(23-4)10-5-6-13(22-3)15(18)16(10)20-11/h5-9H,1-4H3,(H,19,21). The van der Waals surface area contributed by atoms with Gasteiger partial charge in [0.25, 0.3) is 0 Å². The van der Waals surface area contributed by atoms with Crippen LogP contribution in [0.3, 0.4) is 0 Å². The first kappa shape index (κ1) is 16.4. The van der Waals surface area contributed by atoms with Gasteiger partial charge in [0.2, 0.25) is 0 Å². The first-order valence-corrected chi connectivity index (χ1v) is 8.35. The van der Waals surface area contributed by atoms with Gasteiger partial charge < -0.3 is 14.8 Å². The highest BCUT2D eigenvalue weighted by atomic mass is 32.1. The number of anilines is 1. The summed E-state index contributed by atoms with van der Waals surface area (Å²) in [5.41, 5.74) is 1.43. The van der Waals surface area contributed by atoms with Gasteiger partial charge in [0.1, 0.15) is 17.0 Å². The topological polar surface area (TPSA) is 56.3 Å². The van der Waals surface area contributed by atoms with Crippen molar-refractivity contribution in [1.82, 2.24) is 9.97 Å². The first-order chi connectivity index (χ1) is 11.5. The largest absolute Gasteiger partial charge is 0.496 e. The third kappa shape index (κ3) is 2.99. The fourth-order valence-corrected chi connectivity index (χ4v) is 3.22. The molecule has 0 amide bonds. The van der Waals surface area contributed by atoms with Crippen molar-refractivity contribution < 1.29 is 13.9 Å². The van der Waals surface area contributed by atoms with Crippen LogP contribution >= 0.6 is 11.3 Å². The second kappa shape index (κ2) is 6.60. The van der Waals surface area contributed by atoms with E-state index in [2.05, 4.69) is 15.3 Å². The minimum Gasteiger partial charge on any atom is -0.496 e. The van der Waals surface area contributed by atoms with Gasteiger partial charge in [0.15, 0.2) is 16.7 Å². The Labute approximate surface area is 143 Å². The molecule has 0 spiro atoms. The van der Waals surface area contributed by atoms with Gasteiger partial charge in [0.05, 0.1) is 19.9 Å². The average Bonchev–Trinajstić information content (AvgIpc) is 3.02. The number of hydrogen-bond donors (Lipinski definition) is 1. The fourth-order valence-electron chi connectivity index (χ4n) is 2.37. The molecule has 0 aliphatic carbocycles. The number of methoxy groups -OCH3 is 2. The van der Waals surface area contributed by atoms with E-state index in [1.165, 1.54) is 18.4 Å². The van der Waals surface area contributed by atoms with E-state index in [0.29, 0.717) is 22.5 Å². The molecule has 0 saturated carbocycles. The van der Waals surface area contributed by atoms with Gasteiger partial charge in [-0.3, -0.25) is 0 Å². The minimum atomic E-state index is -0.508. The van der Waals surface area contributed by atoms with Crippen LogP contribution in [0.1, 0.15) is 13.8 Å². The Kier molecular flexibility index (Phi) is 4.53. The van der Waals surface area contributed by atoms with Crippen molar-refractivity contribution in [3.63, 3.8) is 0 Å². The monoisotopic (exact) mass is 347 g/mol. The number of benzene rings is 1. The Morgan fingerprint density at radius 3 is 2.50 bits per heavy atom. The van der Waals surface area contributed by atoms with E-state index in [-0.39, 0.29) is 17.3 Å². The van der Waals surface area contributed by atoms with Crippen LogP contribution in [0, 0.1) is 5.82 Å². The molecule has 126 valence electrons. The second-order valence-electron chi connectivity index (χ2n) is 5.52. The molecule has 0 aliphatic heterocycles. The Morgan fingerprint density at radius 2 is 1.83 bits per heavy atom. The molecule has 0 fully saturated rings. The lowest BCUT2D eigenvalue weighted by Gasteiger charge is -2.10. The number of pyridine rings is 1. The molecule has 2 heterocycles. The van der Waals surface area contributed by atoms with Crippen LogP contribution in [0.4, 0.5) is 9.52 Å². The Morgan fingerprint density at radius 1 is 1.08 bits per heavy atom. The molecular weight excluding hydrogens is 329 g/mol. The van der Waals surface area contributed by atoms with E-state index in [1.54, 1.807) is 25.3 Å². The molecule has 1 aromatic carbocycles. The van der Waals surface area contributed by atoms with Crippen molar-refractivity contribution in [1.29, 1.82) is 0 Å². The summed E-state index contributed by atoms with van der Waals surface area (Å²) >= 11 is 1.48. The maximum Gasteiger partial charge on any atom is 0.191 e. The molecule has 7 heteroatoms. The highest BCUT2D eigenvalue weighted by Crippen LogP contribution is 2.35. The number of fused-ring (bicyclic) bond motifs is 1. The van der Waals surface area contributed by atoms with Gasteiger partial charge in [0, 0.05) is 22.9 Å². The maximum absolute atomic E-state index is 14.6. The van der Waals surface area contributed by atoms with Crippen LogP contribution in [0.5, 0.6) is 11.5 Å². The molecule has 0 unspecified atom stereocenters. The number of nitrogens with one attached hydrogen (secondary N) is 1. The van der Waals surface area contributed by atoms with Crippen molar-refractivity contribution in [3.8, 4) is 22.9 Å². The number of ether oxygens (including phenoxy) is 2. The smallest absolute Gasteiger partial charge is 0.191 e. The lowest BCUT2D eigenvalue weighted by molar-refractivity contribution is 0.388. The van der Waals surface area contributed by atoms with Crippen LogP contribution < -0.4 is 14.8 Å². The summed E-state index contributed by atoms with van der Waals surface area (Å²) < 4.78 is 25.0. The zero-order chi connectivity index (χ0) is 17.3. The Balaban J connectivity index is 2.14. The summed E-state index contributed by atoms with van der Waals surface area (Å²) in [7, 11) is 2.98. The molecule has 24 heavy (non-hydrogen) atoms. The van der Waals surface area contributed by atoms with E-state index < -0.39 is 5.82 Å². The molecule has 0 atom stereocenters. The molecule has 5 nitrogen and oxygen atoms in total. The van der Waals surface area contributed by atoms with Crippen LogP contribution in [-0.2, 0) is 0 Å². The summed E-state index contributed by atoms with van der Waals surface area (Å²) in [5, 5.41) is 6.52. The molecule has 2 aromatic heterocycles. The number of aromatic nitrogens is 2. The highest BCUT2D eigenvalue weighted by Gasteiger charge is 2.16. The van der Waals surface area contributed by atoms with Gasteiger partial charge in [-0.05, 0) is 26.0 Å². The number of rotatable bonds is 5. The Hall–Kier alpha value is -2.41. The molecule has 0 aliphatic rings. The van der Waals surface area contributed by atoms with Gasteiger partial charge in [-0.25, -0.2) is 14.4 Å². The number of nitrogens with zero attached hydrogens (tertiary/aromatic N) is 2. The van der Waals surface area contributed by atoms with Crippen LogP contribution in [0.25, 0.3) is 22.3 Å². The lowest BCUT2D eigenvalue weighted by atomic mass is 10.1. The second-order valence-corrected chi connectivity index (χ2v) is 6.38. The van der Waals surface area contributed by atoms with Gasteiger partial charge in [-0.1, -0.05) is 0 Å². The summed E-state index contributed by atoms with van der Waals surface area (Å²) in [6.45, 7) is 4.08. The number of hydrogen-bond acceptors (Lipinski definition) is 6. The van der Waals surface area contributed by atoms with E-state index in [4.69, 9.17) is 9.47 Å². The lowest BCUT2D eigenvalue weighted by Crippen LogP contribution is -2.09. The summed E-state index contributed by atoms with van der Waals surface area (Å²) in [4.78, 5) is 8.95. The number of halogens is 1. The van der Waals surface area contributed by atoms with Crippen LogP contribution in [0.15, 0.2) is 23.6 Å². The van der Waals surface area contributed by atoms with Crippen LogP contribution in [-0.4, -0.2) is 30.2 Å². The highest BCUT2D eigenvalue weighted by molar-refractivity contribution is 7.14. The molecular formula is C17H18FN3O2S. The van der Waals surface area contributed by atoms with Crippen molar-refractivity contribution in [3.05, 3.63) is 29.4 Å². The maximum atomic E-state index is 14.6.